The Morgan fingerprint density at radius 1 is 1.35 bits per heavy atom. The van der Waals surface area contributed by atoms with Crippen molar-refractivity contribution in [1.29, 1.82) is 0 Å². The van der Waals surface area contributed by atoms with Crippen molar-refractivity contribution in [3.63, 3.8) is 0 Å². The summed E-state index contributed by atoms with van der Waals surface area (Å²) in [6.45, 7) is 8.22. The highest BCUT2D eigenvalue weighted by Crippen LogP contribution is 2.16. The van der Waals surface area contributed by atoms with Crippen molar-refractivity contribution in [3.05, 3.63) is 47.0 Å². The van der Waals surface area contributed by atoms with Crippen molar-refractivity contribution in [3.8, 4) is 0 Å². The fourth-order valence-electron chi connectivity index (χ4n) is 2.16. The molecule has 2 rings (SSSR count). The molecule has 0 aliphatic heterocycles. The third kappa shape index (κ3) is 2.87. The molecule has 0 atom stereocenters. The van der Waals surface area contributed by atoms with Gasteiger partial charge in [-0.25, -0.2) is 0 Å². The quantitative estimate of drug-likeness (QED) is 0.930. The van der Waals surface area contributed by atoms with Gasteiger partial charge in [-0.1, -0.05) is 6.07 Å². The molecule has 0 spiro atoms. The number of H-pyrrole nitrogens is 1. The molecule has 2 aromatic rings. The Labute approximate surface area is 119 Å². The molecule has 0 bridgehead atoms. The molecule has 106 valence electrons. The van der Waals surface area contributed by atoms with Crippen LogP contribution in [0.5, 0.6) is 0 Å². The van der Waals surface area contributed by atoms with Gasteiger partial charge in [0.05, 0.1) is 23.5 Å². The van der Waals surface area contributed by atoms with Crippen LogP contribution >= 0.6 is 0 Å². The molecule has 5 nitrogen and oxygen atoms in total. The third-order valence-corrected chi connectivity index (χ3v) is 3.28. The van der Waals surface area contributed by atoms with Gasteiger partial charge in [0.2, 0.25) is 0 Å². The Kier molecular flexibility index (Phi) is 4.17. The first-order chi connectivity index (χ1) is 9.50. The van der Waals surface area contributed by atoms with Crippen molar-refractivity contribution in [1.82, 2.24) is 20.1 Å². The maximum Gasteiger partial charge on any atom is 0.258 e. The number of aromatic amines is 1. The molecule has 0 saturated carbocycles. The third-order valence-electron chi connectivity index (χ3n) is 3.28. The highest BCUT2D eigenvalue weighted by molar-refractivity contribution is 5.96. The number of nitrogens with one attached hydrogen (secondary N) is 1. The van der Waals surface area contributed by atoms with Crippen molar-refractivity contribution in [2.45, 2.75) is 40.3 Å². The van der Waals surface area contributed by atoms with E-state index < -0.39 is 0 Å². The van der Waals surface area contributed by atoms with Crippen LogP contribution in [0.1, 0.15) is 41.3 Å². The van der Waals surface area contributed by atoms with E-state index in [0.29, 0.717) is 12.1 Å². The molecule has 1 N–H and O–H groups in total. The normalized spacial score (nSPS) is 10.8. The second-order valence-corrected chi connectivity index (χ2v) is 5.16. The standard InChI is InChI=1S/C15H20N4O/c1-10(2)19(9-13-7-5-6-8-16-13)15(20)14-11(3)17-18-12(14)4/h5-8,10H,9H2,1-4H3,(H,17,18). The van der Waals surface area contributed by atoms with Crippen LogP contribution in [0.4, 0.5) is 0 Å². The average Bonchev–Trinajstić information content (AvgIpc) is 2.76. The number of amides is 1. The van der Waals surface area contributed by atoms with Crippen molar-refractivity contribution >= 4 is 5.91 Å². The van der Waals surface area contributed by atoms with Crippen LogP contribution in [0.2, 0.25) is 0 Å². The van der Waals surface area contributed by atoms with Crippen molar-refractivity contribution in [2.75, 3.05) is 0 Å². The highest BCUT2D eigenvalue weighted by Gasteiger charge is 2.24. The molecule has 2 aromatic heterocycles. The number of rotatable bonds is 4. The van der Waals surface area contributed by atoms with E-state index in [2.05, 4.69) is 15.2 Å². The number of aryl methyl sites for hydroxylation is 2. The zero-order chi connectivity index (χ0) is 14.7. The monoisotopic (exact) mass is 272 g/mol. The van der Waals surface area contributed by atoms with E-state index in [1.165, 1.54) is 0 Å². The highest BCUT2D eigenvalue weighted by atomic mass is 16.2. The van der Waals surface area contributed by atoms with Crippen LogP contribution in [0.25, 0.3) is 0 Å². The van der Waals surface area contributed by atoms with E-state index >= 15 is 0 Å². The van der Waals surface area contributed by atoms with Gasteiger partial charge in [-0.3, -0.25) is 14.9 Å². The molecule has 2 heterocycles. The van der Waals surface area contributed by atoms with Crippen LogP contribution in [0, 0.1) is 13.8 Å². The summed E-state index contributed by atoms with van der Waals surface area (Å²) in [4.78, 5) is 18.8. The fourth-order valence-corrected chi connectivity index (χ4v) is 2.16. The van der Waals surface area contributed by atoms with Crippen LogP contribution in [0.15, 0.2) is 24.4 Å². The first-order valence-corrected chi connectivity index (χ1v) is 6.73. The van der Waals surface area contributed by atoms with Gasteiger partial charge in [0.1, 0.15) is 0 Å². The minimum absolute atomic E-state index is 0.00518. The maximum absolute atomic E-state index is 12.7. The summed E-state index contributed by atoms with van der Waals surface area (Å²) in [5, 5.41) is 6.96. The van der Waals surface area contributed by atoms with Gasteiger partial charge in [-0.05, 0) is 39.8 Å². The summed E-state index contributed by atoms with van der Waals surface area (Å²) in [6.07, 6.45) is 1.74. The lowest BCUT2D eigenvalue weighted by Gasteiger charge is -2.26. The molecular formula is C15H20N4O. The van der Waals surface area contributed by atoms with Crippen molar-refractivity contribution < 1.29 is 4.79 Å². The number of hydrogen-bond acceptors (Lipinski definition) is 3. The van der Waals surface area contributed by atoms with Gasteiger partial charge in [0, 0.05) is 17.9 Å². The Balaban J connectivity index is 2.28. The molecule has 0 saturated heterocycles. The molecular weight excluding hydrogens is 252 g/mol. The second-order valence-electron chi connectivity index (χ2n) is 5.16. The zero-order valence-electron chi connectivity index (χ0n) is 12.3. The Hall–Kier alpha value is -2.17. The lowest BCUT2D eigenvalue weighted by molar-refractivity contribution is 0.0686. The van der Waals surface area contributed by atoms with Gasteiger partial charge in [-0.15, -0.1) is 0 Å². The molecule has 5 heteroatoms. The second kappa shape index (κ2) is 5.86. The SMILES string of the molecule is Cc1n[nH]c(C)c1C(=O)N(Cc1ccccn1)C(C)C. The summed E-state index contributed by atoms with van der Waals surface area (Å²) in [7, 11) is 0. The maximum atomic E-state index is 12.7. The van der Waals surface area contributed by atoms with E-state index in [0.717, 1.165) is 17.1 Å². The lowest BCUT2D eigenvalue weighted by Crippen LogP contribution is -2.37. The molecule has 0 aromatic carbocycles. The molecule has 0 unspecified atom stereocenters. The molecule has 20 heavy (non-hydrogen) atoms. The van der Waals surface area contributed by atoms with E-state index in [-0.39, 0.29) is 11.9 Å². The minimum Gasteiger partial charge on any atom is -0.330 e. The Morgan fingerprint density at radius 3 is 2.60 bits per heavy atom. The summed E-state index contributed by atoms with van der Waals surface area (Å²) in [5.41, 5.74) is 3.08. The van der Waals surface area contributed by atoms with E-state index in [1.807, 2.05) is 50.8 Å². The van der Waals surface area contributed by atoms with Crippen molar-refractivity contribution in [2.24, 2.45) is 0 Å². The zero-order valence-corrected chi connectivity index (χ0v) is 12.3. The first-order valence-electron chi connectivity index (χ1n) is 6.73. The molecule has 0 aliphatic carbocycles. The lowest BCUT2D eigenvalue weighted by atomic mass is 10.1. The number of carbonyl (C=O) groups excluding carboxylic acids is 1. The van der Waals surface area contributed by atoms with Gasteiger partial charge in [-0.2, -0.15) is 5.10 Å². The van der Waals surface area contributed by atoms with Crippen LogP contribution in [-0.4, -0.2) is 32.0 Å². The van der Waals surface area contributed by atoms with Gasteiger partial charge >= 0.3 is 0 Å². The number of hydrogen-bond donors (Lipinski definition) is 1. The predicted molar refractivity (Wildman–Crippen MR) is 77.3 cm³/mol. The summed E-state index contributed by atoms with van der Waals surface area (Å²) in [5.74, 6) is -0.00518. The summed E-state index contributed by atoms with van der Waals surface area (Å²) in [6, 6.07) is 5.82. The summed E-state index contributed by atoms with van der Waals surface area (Å²) < 4.78 is 0. The topological polar surface area (TPSA) is 61.9 Å². The molecule has 0 radical (unpaired) electrons. The first kappa shape index (κ1) is 14.2. The fraction of sp³-hybridized carbons (Fsp3) is 0.400. The largest absolute Gasteiger partial charge is 0.330 e. The van der Waals surface area contributed by atoms with Crippen LogP contribution < -0.4 is 0 Å². The Bertz CT molecular complexity index is 570. The molecule has 1 amide bonds. The molecule has 0 aliphatic rings. The minimum atomic E-state index is -0.00518. The van der Waals surface area contributed by atoms with Crippen LogP contribution in [-0.2, 0) is 6.54 Å². The number of nitrogens with zero attached hydrogens (tertiary/aromatic N) is 3. The van der Waals surface area contributed by atoms with Gasteiger partial charge < -0.3 is 4.90 Å². The van der Waals surface area contributed by atoms with E-state index in [9.17, 15) is 4.79 Å². The predicted octanol–water partition coefficient (Wildman–Crippen LogP) is 2.47. The average molecular weight is 272 g/mol. The van der Waals surface area contributed by atoms with Crippen LogP contribution in [0.3, 0.4) is 0 Å². The number of carbonyl (C=O) groups is 1. The van der Waals surface area contributed by atoms with Gasteiger partial charge in [0.25, 0.3) is 5.91 Å². The molecule has 0 fully saturated rings. The van der Waals surface area contributed by atoms with E-state index in [4.69, 9.17) is 0 Å². The van der Waals surface area contributed by atoms with E-state index in [1.54, 1.807) is 6.20 Å². The summed E-state index contributed by atoms with van der Waals surface area (Å²) >= 11 is 0. The number of pyridine rings is 1. The number of aromatic nitrogens is 3. The smallest absolute Gasteiger partial charge is 0.258 e. The Morgan fingerprint density at radius 2 is 2.10 bits per heavy atom. The van der Waals surface area contributed by atoms with Gasteiger partial charge in [0.15, 0.2) is 0 Å².